The number of hydroxylamine groups is 2. The smallest absolute Gasteiger partial charge is 0.330 e. The van der Waals surface area contributed by atoms with Crippen molar-refractivity contribution in [3.05, 3.63) is 65.3 Å². The first kappa shape index (κ1) is 23.0. The fourth-order valence-corrected chi connectivity index (χ4v) is 3.18. The van der Waals surface area contributed by atoms with Gasteiger partial charge in [-0.3, -0.25) is 9.59 Å². The summed E-state index contributed by atoms with van der Waals surface area (Å²) in [6, 6.07) is 16.2. The van der Waals surface area contributed by atoms with Crippen LogP contribution in [0.3, 0.4) is 0 Å². The lowest BCUT2D eigenvalue weighted by molar-refractivity contribution is -0.200. The minimum atomic E-state index is -0.858. The van der Waals surface area contributed by atoms with E-state index in [0.29, 0.717) is 27.2 Å². The minimum Gasteiger partial charge on any atom is -0.497 e. The molecule has 0 spiro atoms. The third-order valence-electron chi connectivity index (χ3n) is 4.71. The molecular formula is C23H22ClN3O5. The van der Waals surface area contributed by atoms with Crippen molar-refractivity contribution in [1.29, 1.82) is 0 Å². The van der Waals surface area contributed by atoms with E-state index in [1.165, 1.54) is 0 Å². The van der Waals surface area contributed by atoms with Crippen LogP contribution in [0.5, 0.6) is 5.75 Å². The Morgan fingerprint density at radius 2 is 1.66 bits per heavy atom. The zero-order chi connectivity index (χ0) is 23.4. The molecular weight excluding hydrogens is 434 g/mol. The predicted octanol–water partition coefficient (Wildman–Crippen LogP) is 4.16. The van der Waals surface area contributed by atoms with Crippen LogP contribution in [0.4, 0.5) is 0 Å². The van der Waals surface area contributed by atoms with Crippen LogP contribution in [-0.2, 0) is 19.2 Å². The Morgan fingerprint density at radius 3 is 2.19 bits per heavy atom. The van der Waals surface area contributed by atoms with Gasteiger partial charge in [0.05, 0.1) is 30.1 Å². The van der Waals surface area contributed by atoms with E-state index in [-0.39, 0.29) is 0 Å². The average Bonchev–Trinajstić information content (AvgIpc) is 3.22. The van der Waals surface area contributed by atoms with Crippen molar-refractivity contribution in [2.45, 2.75) is 26.7 Å². The van der Waals surface area contributed by atoms with Crippen LogP contribution >= 0.6 is 11.6 Å². The maximum atomic E-state index is 12.9. The van der Waals surface area contributed by atoms with Crippen molar-refractivity contribution in [1.82, 2.24) is 14.8 Å². The number of ether oxygens (including phenoxy) is 1. The monoisotopic (exact) mass is 455 g/mol. The summed E-state index contributed by atoms with van der Waals surface area (Å²) in [6.45, 7) is 3.85. The Morgan fingerprint density at radius 1 is 1.03 bits per heavy atom. The highest BCUT2D eigenvalue weighted by Crippen LogP contribution is 2.29. The molecule has 0 N–H and O–H groups in total. The number of hydrogen-bond acceptors (Lipinski definition) is 6. The second kappa shape index (κ2) is 9.65. The highest BCUT2D eigenvalue weighted by Gasteiger charge is 2.30. The second-order valence-corrected chi connectivity index (χ2v) is 7.46. The Hall–Kier alpha value is -3.65. The van der Waals surface area contributed by atoms with E-state index in [2.05, 4.69) is 5.10 Å². The van der Waals surface area contributed by atoms with Crippen molar-refractivity contribution >= 4 is 29.4 Å². The highest BCUT2D eigenvalue weighted by molar-refractivity contribution is 6.30. The van der Waals surface area contributed by atoms with Gasteiger partial charge >= 0.3 is 5.97 Å². The molecule has 1 heterocycles. The molecule has 0 saturated carbocycles. The SMILES string of the molecule is COc1ccc(-n2nc(C(C)C(=O)N(OC(C)=O)C(C)=O)cc2-c2ccc(Cl)cc2)cc1. The lowest BCUT2D eigenvalue weighted by Crippen LogP contribution is -2.39. The predicted molar refractivity (Wildman–Crippen MR) is 118 cm³/mol. The van der Waals surface area contributed by atoms with Gasteiger partial charge in [-0.15, -0.1) is 5.06 Å². The molecule has 3 aromatic rings. The van der Waals surface area contributed by atoms with Gasteiger partial charge in [0.25, 0.3) is 11.8 Å². The van der Waals surface area contributed by atoms with Crippen molar-refractivity contribution in [3.63, 3.8) is 0 Å². The number of halogens is 1. The van der Waals surface area contributed by atoms with Crippen molar-refractivity contribution in [2.75, 3.05) is 7.11 Å². The Bertz CT molecular complexity index is 1140. The summed E-state index contributed by atoms with van der Waals surface area (Å²) >= 11 is 6.03. The summed E-state index contributed by atoms with van der Waals surface area (Å²) < 4.78 is 6.91. The van der Waals surface area contributed by atoms with Gasteiger partial charge in [0.15, 0.2) is 0 Å². The van der Waals surface area contributed by atoms with Gasteiger partial charge in [0.1, 0.15) is 5.75 Å². The molecule has 0 aliphatic rings. The van der Waals surface area contributed by atoms with Crippen LogP contribution in [0.2, 0.25) is 5.02 Å². The Balaban J connectivity index is 2.06. The molecule has 3 rings (SSSR count). The van der Waals surface area contributed by atoms with Gasteiger partial charge in [-0.1, -0.05) is 23.7 Å². The second-order valence-electron chi connectivity index (χ2n) is 7.03. The number of hydrogen-bond donors (Lipinski definition) is 0. The van der Waals surface area contributed by atoms with Gasteiger partial charge in [0, 0.05) is 24.4 Å². The van der Waals surface area contributed by atoms with Gasteiger partial charge in [-0.05, 0) is 49.4 Å². The molecule has 0 bridgehead atoms. The number of rotatable bonds is 5. The molecule has 166 valence electrons. The molecule has 2 aromatic carbocycles. The molecule has 8 nitrogen and oxygen atoms in total. The summed E-state index contributed by atoms with van der Waals surface area (Å²) in [7, 11) is 1.58. The van der Waals surface area contributed by atoms with Crippen LogP contribution in [0.25, 0.3) is 16.9 Å². The van der Waals surface area contributed by atoms with Crippen molar-refractivity contribution < 1.29 is 24.0 Å². The summed E-state index contributed by atoms with van der Waals surface area (Å²) in [4.78, 5) is 40.8. The molecule has 1 aromatic heterocycles. The zero-order valence-corrected chi connectivity index (χ0v) is 18.8. The fraction of sp³-hybridized carbons (Fsp3) is 0.217. The van der Waals surface area contributed by atoms with Crippen LogP contribution < -0.4 is 4.74 Å². The fourth-order valence-electron chi connectivity index (χ4n) is 3.05. The molecule has 0 aliphatic carbocycles. The van der Waals surface area contributed by atoms with E-state index < -0.39 is 23.7 Å². The maximum absolute atomic E-state index is 12.9. The Kier molecular flexibility index (Phi) is 6.95. The summed E-state index contributed by atoms with van der Waals surface area (Å²) in [5.41, 5.74) is 2.68. The number of aromatic nitrogens is 2. The van der Waals surface area contributed by atoms with E-state index in [1.54, 1.807) is 49.0 Å². The number of amides is 2. The van der Waals surface area contributed by atoms with Crippen LogP contribution in [0.1, 0.15) is 32.4 Å². The molecule has 2 amide bonds. The molecule has 0 aliphatic heterocycles. The molecule has 0 fully saturated rings. The zero-order valence-electron chi connectivity index (χ0n) is 18.0. The summed E-state index contributed by atoms with van der Waals surface area (Å²) in [6.07, 6.45) is 0. The summed E-state index contributed by atoms with van der Waals surface area (Å²) in [5.74, 6) is -2.34. The molecule has 32 heavy (non-hydrogen) atoms. The Labute approximate surface area is 190 Å². The largest absolute Gasteiger partial charge is 0.497 e. The number of imide groups is 1. The number of benzene rings is 2. The van der Waals surface area contributed by atoms with E-state index in [4.69, 9.17) is 21.2 Å². The maximum Gasteiger partial charge on any atom is 0.330 e. The topological polar surface area (TPSA) is 90.7 Å². The van der Waals surface area contributed by atoms with Crippen molar-refractivity contribution in [2.24, 2.45) is 0 Å². The molecule has 0 saturated heterocycles. The number of carbonyl (C=O) groups is 3. The normalized spacial score (nSPS) is 11.5. The summed E-state index contributed by atoms with van der Waals surface area (Å²) in [5, 5.41) is 5.67. The van der Waals surface area contributed by atoms with Gasteiger partial charge in [-0.2, -0.15) is 5.10 Å². The van der Waals surface area contributed by atoms with Gasteiger partial charge in [-0.25, -0.2) is 9.48 Å². The molecule has 9 heteroatoms. The third-order valence-corrected chi connectivity index (χ3v) is 4.96. The van der Waals surface area contributed by atoms with Gasteiger partial charge in [0.2, 0.25) is 0 Å². The van der Waals surface area contributed by atoms with Gasteiger partial charge < -0.3 is 9.57 Å². The third kappa shape index (κ3) is 4.97. The van der Waals surface area contributed by atoms with Crippen LogP contribution in [0.15, 0.2) is 54.6 Å². The first-order chi connectivity index (χ1) is 15.2. The van der Waals surface area contributed by atoms with Crippen LogP contribution in [0, 0.1) is 0 Å². The first-order valence-electron chi connectivity index (χ1n) is 9.74. The number of carbonyl (C=O) groups excluding carboxylic acids is 3. The quantitative estimate of drug-likeness (QED) is 0.536. The standard InChI is InChI=1S/C23H22ClN3O5/c1-14(23(30)27(15(2)28)32-16(3)29)21-13-22(17-5-7-18(24)8-6-17)26(25-21)19-9-11-20(31-4)12-10-19/h5-14H,1-4H3. The number of nitrogens with zero attached hydrogens (tertiary/aromatic N) is 3. The average molecular weight is 456 g/mol. The van der Waals surface area contributed by atoms with E-state index in [0.717, 1.165) is 25.1 Å². The lowest BCUT2D eigenvalue weighted by atomic mass is 10.1. The highest BCUT2D eigenvalue weighted by atomic mass is 35.5. The number of methoxy groups -OCH3 is 1. The van der Waals surface area contributed by atoms with Crippen LogP contribution in [-0.4, -0.2) is 39.7 Å². The van der Waals surface area contributed by atoms with E-state index in [9.17, 15) is 14.4 Å². The van der Waals surface area contributed by atoms with E-state index >= 15 is 0 Å². The molecule has 0 radical (unpaired) electrons. The lowest BCUT2D eigenvalue weighted by Gasteiger charge is -2.19. The van der Waals surface area contributed by atoms with E-state index in [1.807, 2.05) is 24.3 Å². The molecule has 1 atom stereocenters. The first-order valence-corrected chi connectivity index (χ1v) is 10.1. The minimum absolute atomic E-state index is 0.397. The molecule has 1 unspecified atom stereocenters. The van der Waals surface area contributed by atoms with Crippen molar-refractivity contribution in [3.8, 4) is 22.7 Å².